The molecule has 1 fully saturated rings. The fourth-order valence-electron chi connectivity index (χ4n) is 4.23. The molecule has 4 rings (SSSR count). The largest absolute Gasteiger partial charge is 0.507 e. The molecule has 1 aliphatic rings. The van der Waals surface area contributed by atoms with Crippen molar-refractivity contribution in [1.82, 2.24) is 0 Å². The number of ether oxygens (including phenoxy) is 1. The highest BCUT2D eigenvalue weighted by Gasteiger charge is 2.47. The van der Waals surface area contributed by atoms with E-state index in [1.54, 1.807) is 42.5 Å². The molecular formula is C29H28ClNO4. The van der Waals surface area contributed by atoms with Gasteiger partial charge in [0.2, 0.25) is 0 Å². The summed E-state index contributed by atoms with van der Waals surface area (Å²) >= 11 is 6.05. The minimum absolute atomic E-state index is 0.0470. The van der Waals surface area contributed by atoms with E-state index in [0.717, 1.165) is 16.7 Å². The van der Waals surface area contributed by atoms with E-state index in [2.05, 4.69) is 13.8 Å². The van der Waals surface area contributed by atoms with Crippen LogP contribution in [0.1, 0.15) is 42.1 Å². The highest BCUT2D eigenvalue weighted by atomic mass is 35.5. The molecule has 6 heteroatoms. The third-order valence-corrected chi connectivity index (χ3v) is 6.18. The Kier molecular flexibility index (Phi) is 6.99. The predicted octanol–water partition coefficient (Wildman–Crippen LogP) is 6.62. The molecule has 1 unspecified atom stereocenters. The Labute approximate surface area is 210 Å². The van der Waals surface area contributed by atoms with Gasteiger partial charge in [0.15, 0.2) is 0 Å². The second kappa shape index (κ2) is 9.96. The van der Waals surface area contributed by atoms with Crippen LogP contribution in [-0.4, -0.2) is 23.4 Å². The van der Waals surface area contributed by atoms with Gasteiger partial charge in [0, 0.05) is 16.3 Å². The normalized spacial score (nSPS) is 17.3. The summed E-state index contributed by atoms with van der Waals surface area (Å²) in [5.74, 6) is -0.562. The lowest BCUT2D eigenvalue weighted by molar-refractivity contribution is -0.132. The number of Topliss-reactive ketones (excluding diaryl/α,β-unsaturated/α-hetero) is 1. The number of amides is 1. The summed E-state index contributed by atoms with van der Waals surface area (Å²) in [4.78, 5) is 28.0. The van der Waals surface area contributed by atoms with Crippen molar-refractivity contribution in [3.8, 4) is 5.75 Å². The smallest absolute Gasteiger partial charge is 0.300 e. The SMILES string of the molecule is Cc1cccc(C2/C(=C(/O)c3ccc(OCC(C)C)c(C)c3)C(=O)C(=O)N2c2ccc(Cl)cc2)c1. The van der Waals surface area contributed by atoms with Gasteiger partial charge >= 0.3 is 0 Å². The van der Waals surface area contributed by atoms with E-state index in [1.807, 2.05) is 38.1 Å². The van der Waals surface area contributed by atoms with Gasteiger partial charge in [-0.2, -0.15) is 0 Å². The third-order valence-electron chi connectivity index (χ3n) is 5.93. The summed E-state index contributed by atoms with van der Waals surface area (Å²) < 4.78 is 5.85. The molecule has 1 atom stereocenters. The van der Waals surface area contributed by atoms with Gasteiger partial charge in [0.25, 0.3) is 11.7 Å². The molecule has 1 aliphatic heterocycles. The topological polar surface area (TPSA) is 66.8 Å². The Bertz CT molecular complexity index is 1310. The number of nitrogens with zero attached hydrogens (tertiary/aromatic N) is 1. The van der Waals surface area contributed by atoms with E-state index >= 15 is 0 Å². The molecule has 3 aromatic carbocycles. The average molecular weight is 490 g/mol. The summed E-state index contributed by atoms with van der Waals surface area (Å²) in [6, 6.07) is 18.8. The quantitative estimate of drug-likeness (QED) is 0.240. The van der Waals surface area contributed by atoms with Crippen molar-refractivity contribution in [2.24, 2.45) is 5.92 Å². The first-order valence-electron chi connectivity index (χ1n) is 11.5. The summed E-state index contributed by atoms with van der Waals surface area (Å²) in [7, 11) is 0. The average Bonchev–Trinajstić information content (AvgIpc) is 3.08. The number of rotatable bonds is 6. The highest BCUT2D eigenvalue weighted by Crippen LogP contribution is 2.42. The summed E-state index contributed by atoms with van der Waals surface area (Å²) in [5, 5.41) is 11.9. The molecule has 35 heavy (non-hydrogen) atoms. The first-order chi connectivity index (χ1) is 16.7. The maximum Gasteiger partial charge on any atom is 0.300 e. The van der Waals surface area contributed by atoms with Crippen LogP contribution in [0, 0.1) is 19.8 Å². The molecule has 0 aromatic heterocycles. The molecule has 1 heterocycles. The van der Waals surface area contributed by atoms with E-state index < -0.39 is 17.7 Å². The maximum absolute atomic E-state index is 13.3. The van der Waals surface area contributed by atoms with Gasteiger partial charge in [-0.25, -0.2) is 0 Å². The van der Waals surface area contributed by atoms with Crippen LogP contribution in [0.15, 0.2) is 72.3 Å². The molecule has 0 aliphatic carbocycles. The zero-order chi connectivity index (χ0) is 25.3. The Balaban J connectivity index is 1.85. The van der Waals surface area contributed by atoms with Gasteiger partial charge in [-0.15, -0.1) is 0 Å². The van der Waals surface area contributed by atoms with Crippen molar-refractivity contribution in [3.63, 3.8) is 0 Å². The number of aryl methyl sites for hydroxylation is 2. The Hall–Kier alpha value is -3.57. The van der Waals surface area contributed by atoms with Crippen LogP contribution in [0.2, 0.25) is 5.02 Å². The number of ketones is 1. The molecule has 0 spiro atoms. The van der Waals surface area contributed by atoms with Crippen molar-refractivity contribution in [2.75, 3.05) is 11.5 Å². The monoisotopic (exact) mass is 489 g/mol. The first kappa shape index (κ1) is 24.6. The van der Waals surface area contributed by atoms with Crippen molar-refractivity contribution < 1.29 is 19.4 Å². The second-order valence-electron chi connectivity index (χ2n) is 9.24. The standard InChI is InChI=1S/C29H28ClNO4/c1-17(2)16-35-24-13-8-21(15-19(24)4)27(32)25-26(20-7-5-6-18(3)14-20)31(29(34)28(25)33)23-11-9-22(30)10-12-23/h5-15,17,26,32H,16H2,1-4H3/b27-25-. The van der Waals surface area contributed by atoms with Gasteiger partial charge in [-0.3, -0.25) is 14.5 Å². The minimum atomic E-state index is -0.784. The summed E-state index contributed by atoms with van der Waals surface area (Å²) in [5.41, 5.74) is 3.56. The Morgan fingerprint density at radius 3 is 2.37 bits per heavy atom. The van der Waals surface area contributed by atoms with Crippen LogP contribution >= 0.6 is 11.6 Å². The third kappa shape index (κ3) is 4.96. The number of hydrogen-bond acceptors (Lipinski definition) is 4. The minimum Gasteiger partial charge on any atom is -0.507 e. The van der Waals surface area contributed by atoms with Gasteiger partial charge < -0.3 is 9.84 Å². The van der Waals surface area contributed by atoms with E-state index in [9.17, 15) is 14.7 Å². The van der Waals surface area contributed by atoms with Crippen LogP contribution in [0.5, 0.6) is 5.75 Å². The molecule has 0 bridgehead atoms. The maximum atomic E-state index is 13.3. The number of halogens is 1. The molecule has 0 saturated carbocycles. The number of carbonyl (C=O) groups excluding carboxylic acids is 2. The fourth-order valence-corrected chi connectivity index (χ4v) is 4.35. The number of aliphatic hydroxyl groups is 1. The molecule has 1 N–H and O–H groups in total. The number of aliphatic hydroxyl groups excluding tert-OH is 1. The second-order valence-corrected chi connectivity index (χ2v) is 9.68. The molecule has 1 saturated heterocycles. The first-order valence-corrected chi connectivity index (χ1v) is 11.9. The zero-order valence-corrected chi connectivity index (χ0v) is 21.0. The van der Waals surface area contributed by atoms with Gasteiger partial charge in [0.1, 0.15) is 11.5 Å². The van der Waals surface area contributed by atoms with Gasteiger partial charge in [-0.05, 0) is 73.4 Å². The van der Waals surface area contributed by atoms with Gasteiger partial charge in [-0.1, -0.05) is 55.3 Å². The Morgan fingerprint density at radius 2 is 1.74 bits per heavy atom. The Morgan fingerprint density at radius 1 is 1.03 bits per heavy atom. The number of hydrogen-bond donors (Lipinski definition) is 1. The lowest BCUT2D eigenvalue weighted by atomic mass is 9.94. The fraction of sp³-hybridized carbons (Fsp3) is 0.241. The molecule has 5 nitrogen and oxygen atoms in total. The van der Waals surface area contributed by atoms with E-state index in [4.69, 9.17) is 16.3 Å². The molecule has 3 aromatic rings. The van der Waals surface area contributed by atoms with Crippen LogP contribution in [-0.2, 0) is 9.59 Å². The predicted molar refractivity (Wildman–Crippen MR) is 139 cm³/mol. The van der Waals surface area contributed by atoms with E-state index in [-0.39, 0.29) is 11.3 Å². The van der Waals surface area contributed by atoms with Crippen LogP contribution in [0.4, 0.5) is 5.69 Å². The lowest BCUT2D eigenvalue weighted by Gasteiger charge is -2.25. The lowest BCUT2D eigenvalue weighted by Crippen LogP contribution is -2.29. The number of benzene rings is 3. The van der Waals surface area contributed by atoms with Gasteiger partial charge in [0.05, 0.1) is 18.2 Å². The molecule has 1 amide bonds. The number of carbonyl (C=O) groups is 2. The molecule has 0 radical (unpaired) electrons. The van der Waals surface area contributed by atoms with Crippen LogP contribution < -0.4 is 9.64 Å². The van der Waals surface area contributed by atoms with Crippen molar-refractivity contribution in [3.05, 3.63) is 99.6 Å². The molecule has 180 valence electrons. The van der Waals surface area contributed by atoms with E-state index in [1.165, 1.54) is 4.90 Å². The van der Waals surface area contributed by atoms with Crippen molar-refractivity contribution >= 4 is 34.7 Å². The van der Waals surface area contributed by atoms with Crippen LogP contribution in [0.3, 0.4) is 0 Å². The van der Waals surface area contributed by atoms with Crippen molar-refractivity contribution in [1.29, 1.82) is 0 Å². The van der Waals surface area contributed by atoms with Crippen molar-refractivity contribution in [2.45, 2.75) is 33.7 Å². The van der Waals surface area contributed by atoms with Crippen LogP contribution in [0.25, 0.3) is 5.76 Å². The highest BCUT2D eigenvalue weighted by molar-refractivity contribution is 6.51. The zero-order valence-electron chi connectivity index (χ0n) is 20.2. The number of anilines is 1. The van der Waals surface area contributed by atoms with E-state index in [0.29, 0.717) is 34.5 Å². The summed E-state index contributed by atoms with van der Waals surface area (Å²) in [6.45, 7) is 8.54. The molecular weight excluding hydrogens is 462 g/mol. The summed E-state index contributed by atoms with van der Waals surface area (Å²) in [6.07, 6.45) is 0.